The first kappa shape index (κ1) is 20.3. The molecule has 2 atom stereocenters. The molecule has 2 N–H and O–H groups in total. The monoisotopic (exact) mass is 421 g/mol. The summed E-state index contributed by atoms with van der Waals surface area (Å²) in [5.41, 5.74) is 2.04. The number of aromatic hydroxyl groups is 1. The number of phenols is 1. The van der Waals surface area contributed by atoms with Gasteiger partial charge in [0, 0.05) is 22.7 Å². The molecule has 0 aromatic heterocycles. The van der Waals surface area contributed by atoms with Crippen LogP contribution in [0.25, 0.3) is 0 Å². The predicted molar refractivity (Wildman–Crippen MR) is 120 cm³/mol. The van der Waals surface area contributed by atoms with E-state index >= 15 is 0 Å². The molecule has 154 valence electrons. The maximum Gasteiger partial charge on any atom is 0.259 e. The molecule has 1 aliphatic rings. The minimum atomic E-state index is -0.424. The van der Waals surface area contributed by atoms with E-state index in [0.29, 0.717) is 16.6 Å². The number of nitrogens with one attached hydrogen (secondary N) is 1. The zero-order chi connectivity index (χ0) is 20.9. The number of carbonyl (C=O) groups is 1. The van der Waals surface area contributed by atoms with Crippen molar-refractivity contribution in [1.29, 1.82) is 0 Å². The van der Waals surface area contributed by atoms with Gasteiger partial charge in [-0.05, 0) is 55.2 Å². The molecule has 0 spiro atoms. The van der Waals surface area contributed by atoms with Gasteiger partial charge < -0.3 is 15.2 Å². The zero-order valence-corrected chi connectivity index (χ0v) is 17.3. The van der Waals surface area contributed by atoms with Gasteiger partial charge in [-0.2, -0.15) is 0 Å². The van der Waals surface area contributed by atoms with Gasteiger partial charge in [-0.25, -0.2) is 0 Å². The van der Waals surface area contributed by atoms with Gasteiger partial charge in [-0.3, -0.25) is 4.79 Å². The van der Waals surface area contributed by atoms with Crippen LogP contribution in [0.2, 0.25) is 5.02 Å². The van der Waals surface area contributed by atoms with Gasteiger partial charge in [-0.15, -0.1) is 0 Å². The zero-order valence-electron chi connectivity index (χ0n) is 16.6. The molecule has 0 saturated heterocycles. The highest BCUT2D eigenvalue weighted by Crippen LogP contribution is 2.36. The molecular weight excluding hydrogens is 398 g/mol. The normalized spacial score (nSPS) is 18.6. The number of hydrogen-bond donors (Lipinski definition) is 2. The Kier molecular flexibility index (Phi) is 6.24. The molecule has 4 rings (SSSR count). The summed E-state index contributed by atoms with van der Waals surface area (Å²) in [6, 6.07) is 22.3. The standard InChI is InChI=1S/C25H24ClNO3/c26-18-13-14-23(28)22(15-18)25(29)27-19-9-6-10-20(16-19)30-24-12-5-4-11-21(24)17-7-2-1-3-8-17/h1-3,6-10,13-16,21,24,28H,4-5,11-12H2,(H,27,29)/t21-,24+/m0/s1. The van der Waals surface area contributed by atoms with Crippen LogP contribution in [-0.2, 0) is 0 Å². The lowest BCUT2D eigenvalue weighted by atomic mass is 9.81. The molecule has 4 nitrogen and oxygen atoms in total. The molecule has 1 fully saturated rings. The number of halogens is 1. The van der Waals surface area contributed by atoms with Crippen molar-refractivity contribution < 1.29 is 14.6 Å². The molecule has 1 amide bonds. The van der Waals surface area contributed by atoms with Crippen molar-refractivity contribution in [1.82, 2.24) is 0 Å². The van der Waals surface area contributed by atoms with Gasteiger partial charge in [0.2, 0.25) is 0 Å². The number of phenolic OH excluding ortho intramolecular Hbond substituents is 1. The van der Waals surface area contributed by atoms with Crippen molar-refractivity contribution in [3.05, 3.63) is 88.9 Å². The highest BCUT2D eigenvalue weighted by Gasteiger charge is 2.28. The average molecular weight is 422 g/mol. The Morgan fingerprint density at radius 3 is 2.60 bits per heavy atom. The number of carbonyl (C=O) groups excluding carboxylic acids is 1. The molecule has 0 aliphatic heterocycles. The first-order chi connectivity index (χ1) is 14.6. The summed E-state index contributed by atoms with van der Waals surface area (Å²) in [7, 11) is 0. The van der Waals surface area contributed by atoms with Crippen LogP contribution in [0, 0.1) is 0 Å². The minimum absolute atomic E-state index is 0.101. The highest BCUT2D eigenvalue weighted by atomic mass is 35.5. The third kappa shape index (κ3) is 4.77. The van der Waals surface area contributed by atoms with E-state index in [1.54, 1.807) is 6.07 Å². The first-order valence-corrected chi connectivity index (χ1v) is 10.6. The number of rotatable bonds is 5. The molecule has 0 bridgehead atoms. The maximum atomic E-state index is 12.6. The van der Waals surface area contributed by atoms with E-state index in [1.807, 2.05) is 24.3 Å². The summed E-state index contributed by atoms with van der Waals surface area (Å²) in [6.45, 7) is 0. The Balaban J connectivity index is 1.49. The summed E-state index contributed by atoms with van der Waals surface area (Å²) < 4.78 is 6.37. The van der Waals surface area contributed by atoms with E-state index < -0.39 is 5.91 Å². The van der Waals surface area contributed by atoms with E-state index in [0.717, 1.165) is 25.0 Å². The summed E-state index contributed by atoms with van der Waals surface area (Å²) in [5, 5.41) is 13.1. The van der Waals surface area contributed by atoms with Gasteiger partial charge in [0.25, 0.3) is 5.91 Å². The Morgan fingerprint density at radius 1 is 0.967 bits per heavy atom. The predicted octanol–water partition coefficient (Wildman–Crippen LogP) is 6.40. The first-order valence-electron chi connectivity index (χ1n) is 10.2. The topological polar surface area (TPSA) is 58.6 Å². The second-order valence-corrected chi connectivity index (χ2v) is 8.04. The van der Waals surface area contributed by atoms with Gasteiger partial charge in [0.1, 0.15) is 17.6 Å². The van der Waals surface area contributed by atoms with Gasteiger partial charge in [0.15, 0.2) is 0 Å². The number of anilines is 1. The van der Waals surface area contributed by atoms with Crippen LogP contribution in [0.1, 0.15) is 47.5 Å². The number of ether oxygens (including phenoxy) is 1. The Morgan fingerprint density at radius 2 is 1.77 bits per heavy atom. The average Bonchev–Trinajstić information content (AvgIpc) is 2.76. The summed E-state index contributed by atoms with van der Waals surface area (Å²) in [4.78, 5) is 12.6. The molecule has 0 heterocycles. The molecule has 1 saturated carbocycles. The molecule has 3 aromatic carbocycles. The van der Waals surface area contributed by atoms with Crippen molar-refractivity contribution in [2.45, 2.75) is 37.7 Å². The van der Waals surface area contributed by atoms with Crippen LogP contribution >= 0.6 is 11.6 Å². The Labute approximate surface area is 181 Å². The molecule has 0 unspecified atom stereocenters. The summed E-state index contributed by atoms with van der Waals surface area (Å²) >= 11 is 5.95. The van der Waals surface area contributed by atoms with Crippen LogP contribution in [0.3, 0.4) is 0 Å². The second-order valence-electron chi connectivity index (χ2n) is 7.60. The largest absolute Gasteiger partial charge is 0.507 e. The van der Waals surface area contributed by atoms with Gasteiger partial charge in [-0.1, -0.05) is 54.4 Å². The van der Waals surface area contributed by atoms with E-state index in [1.165, 1.54) is 30.2 Å². The lowest BCUT2D eigenvalue weighted by Crippen LogP contribution is -2.28. The van der Waals surface area contributed by atoms with Crippen molar-refractivity contribution in [2.24, 2.45) is 0 Å². The third-order valence-electron chi connectivity index (χ3n) is 5.51. The highest BCUT2D eigenvalue weighted by molar-refractivity contribution is 6.31. The minimum Gasteiger partial charge on any atom is -0.507 e. The van der Waals surface area contributed by atoms with Crippen molar-refractivity contribution in [3.63, 3.8) is 0 Å². The fourth-order valence-electron chi connectivity index (χ4n) is 4.03. The van der Waals surface area contributed by atoms with Crippen LogP contribution in [0.15, 0.2) is 72.8 Å². The van der Waals surface area contributed by atoms with Crippen LogP contribution in [0.4, 0.5) is 5.69 Å². The summed E-state index contributed by atoms with van der Waals surface area (Å²) in [5.74, 6) is 0.543. The lowest BCUT2D eigenvalue weighted by molar-refractivity contribution is 0.102. The van der Waals surface area contributed by atoms with E-state index in [2.05, 4.69) is 29.6 Å². The van der Waals surface area contributed by atoms with Gasteiger partial charge in [0.05, 0.1) is 5.56 Å². The van der Waals surface area contributed by atoms with Crippen molar-refractivity contribution in [2.75, 3.05) is 5.32 Å². The number of benzene rings is 3. The van der Waals surface area contributed by atoms with Crippen LogP contribution < -0.4 is 10.1 Å². The second kappa shape index (κ2) is 9.23. The molecular formula is C25H24ClNO3. The van der Waals surface area contributed by atoms with E-state index in [9.17, 15) is 9.90 Å². The number of amides is 1. The van der Waals surface area contributed by atoms with Gasteiger partial charge >= 0.3 is 0 Å². The maximum absolute atomic E-state index is 12.6. The lowest BCUT2D eigenvalue weighted by Gasteiger charge is -2.32. The quantitative estimate of drug-likeness (QED) is 0.500. The fraction of sp³-hybridized carbons (Fsp3) is 0.240. The molecule has 30 heavy (non-hydrogen) atoms. The fourth-order valence-corrected chi connectivity index (χ4v) is 4.20. The van der Waals surface area contributed by atoms with E-state index in [4.69, 9.17) is 16.3 Å². The molecule has 0 radical (unpaired) electrons. The van der Waals surface area contributed by atoms with Crippen molar-refractivity contribution in [3.8, 4) is 11.5 Å². The van der Waals surface area contributed by atoms with Crippen LogP contribution in [0.5, 0.6) is 11.5 Å². The van der Waals surface area contributed by atoms with Crippen molar-refractivity contribution >= 4 is 23.2 Å². The summed E-state index contributed by atoms with van der Waals surface area (Å²) in [6.07, 6.45) is 4.58. The van der Waals surface area contributed by atoms with E-state index in [-0.39, 0.29) is 17.4 Å². The Hall–Kier alpha value is -2.98. The SMILES string of the molecule is O=C(Nc1cccc(O[C@@H]2CCCC[C@H]2c2ccccc2)c1)c1cc(Cl)ccc1O. The smallest absolute Gasteiger partial charge is 0.259 e. The Bertz CT molecular complexity index is 1020. The molecule has 5 heteroatoms. The molecule has 1 aliphatic carbocycles. The number of hydrogen-bond acceptors (Lipinski definition) is 3. The third-order valence-corrected chi connectivity index (χ3v) is 5.75. The molecule has 3 aromatic rings. The van der Waals surface area contributed by atoms with Crippen LogP contribution in [-0.4, -0.2) is 17.1 Å².